The summed E-state index contributed by atoms with van der Waals surface area (Å²) in [4.78, 5) is 32.8. The second-order valence-corrected chi connectivity index (χ2v) is 7.91. The van der Waals surface area contributed by atoms with E-state index in [0.717, 1.165) is 31.2 Å². The number of nitrogens with zero attached hydrogens (tertiary/aromatic N) is 4. The summed E-state index contributed by atoms with van der Waals surface area (Å²) in [5.74, 6) is 2.03. The third kappa shape index (κ3) is 3.87. The van der Waals surface area contributed by atoms with Gasteiger partial charge in [0.1, 0.15) is 11.5 Å². The van der Waals surface area contributed by atoms with Gasteiger partial charge in [0.2, 0.25) is 5.91 Å². The van der Waals surface area contributed by atoms with Crippen molar-refractivity contribution in [3.63, 3.8) is 0 Å². The van der Waals surface area contributed by atoms with E-state index in [9.17, 15) is 9.59 Å². The smallest absolute Gasteiger partial charge is 0.319 e. The minimum absolute atomic E-state index is 0.0162. The fourth-order valence-corrected chi connectivity index (χ4v) is 4.20. The van der Waals surface area contributed by atoms with Crippen LogP contribution in [0.3, 0.4) is 0 Å². The molecule has 1 unspecified atom stereocenters. The van der Waals surface area contributed by atoms with Crippen LogP contribution in [-0.2, 0) is 11.3 Å². The van der Waals surface area contributed by atoms with Gasteiger partial charge in [-0.2, -0.15) is 0 Å². The van der Waals surface area contributed by atoms with Crippen molar-refractivity contribution in [2.75, 3.05) is 53.4 Å². The standard InChI is InChI=1S/C19H30N4O3/c1-5-22-13-19(10-17(22)24)12-21(11-16-7-6-15(2)26-16)8-9-23(14-19)18(25)20(3)4/h6-7H,5,8-14H2,1-4H3. The predicted molar refractivity (Wildman–Crippen MR) is 98.7 cm³/mol. The summed E-state index contributed by atoms with van der Waals surface area (Å²) < 4.78 is 5.75. The third-order valence-electron chi connectivity index (χ3n) is 5.39. The molecule has 0 aromatic carbocycles. The van der Waals surface area contributed by atoms with Crippen molar-refractivity contribution in [3.05, 3.63) is 23.7 Å². The lowest BCUT2D eigenvalue weighted by Crippen LogP contribution is -2.47. The van der Waals surface area contributed by atoms with Crippen LogP contribution in [0.1, 0.15) is 24.9 Å². The minimum atomic E-state index is -0.211. The van der Waals surface area contributed by atoms with Gasteiger partial charge in [0.05, 0.1) is 6.54 Å². The van der Waals surface area contributed by atoms with Crippen molar-refractivity contribution in [2.24, 2.45) is 5.41 Å². The highest BCUT2D eigenvalue weighted by Crippen LogP contribution is 2.35. The molecule has 1 aromatic heterocycles. The molecule has 0 saturated carbocycles. The van der Waals surface area contributed by atoms with Crippen LogP contribution in [0.2, 0.25) is 0 Å². The van der Waals surface area contributed by atoms with Crippen molar-refractivity contribution < 1.29 is 14.0 Å². The van der Waals surface area contributed by atoms with Gasteiger partial charge in [-0.25, -0.2) is 4.79 Å². The molecule has 144 valence electrons. The Labute approximate surface area is 155 Å². The Morgan fingerprint density at radius 1 is 1.23 bits per heavy atom. The number of furan rings is 1. The molecular formula is C19H30N4O3. The minimum Gasteiger partial charge on any atom is -0.465 e. The van der Waals surface area contributed by atoms with Crippen LogP contribution < -0.4 is 0 Å². The van der Waals surface area contributed by atoms with E-state index in [1.165, 1.54) is 0 Å². The highest BCUT2D eigenvalue weighted by Gasteiger charge is 2.47. The molecule has 26 heavy (non-hydrogen) atoms. The van der Waals surface area contributed by atoms with Crippen LogP contribution in [0.25, 0.3) is 0 Å². The van der Waals surface area contributed by atoms with Crippen LogP contribution >= 0.6 is 0 Å². The number of carbonyl (C=O) groups is 2. The number of hydrogen-bond donors (Lipinski definition) is 0. The normalized spacial score (nSPS) is 24.4. The molecule has 7 heteroatoms. The van der Waals surface area contributed by atoms with Gasteiger partial charge in [-0.3, -0.25) is 9.69 Å². The van der Waals surface area contributed by atoms with Crippen LogP contribution in [0.5, 0.6) is 0 Å². The summed E-state index contributed by atoms with van der Waals surface area (Å²) in [7, 11) is 3.56. The van der Waals surface area contributed by atoms with Gasteiger partial charge < -0.3 is 19.1 Å². The molecule has 3 amide bonds. The van der Waals surface area contributed by atoms with E-state index in [0.29, 0.717) is 32.6 Å². The summed E-state index contributed by atoms with van der Waals surface area (Å²) in [5, 5.41) is 0. The first-order valence-corrected chi connectivity index (χ1v) is 9.33. The molecular weight excluding hydrogens is 332 g/mol. The van der Waals surface area contributed by atoms with E-state index >= 15 is 0 Å². The molecule has 1 spiro atoms. The monoisotopic (exact) mass is 362 g/mol. The maximum atomic E-state index is 12.6. The number of aryl methyl sites for hydroxylation is 1. The first-order chi connectivity index (χ1) is 12.3. The van der Waals surface area contributed by atoms with Gasteiger partial charge in [-0.1, -0.05) is 0 Å². The summed E-state index contributed by atoms with van der Waals surface area (Å²) in [6, 6.07) is 4.00. The van der Waals surface area contributed by atoms with Gasteiger partial charge in [0.25, 0.3) is 0 Å². The zero-order valence-corrected chi connectivity index (χ0v) is 16.3. The zero-order chi connectivity index (χ0) is 18.9. The fraction of sp³-hybridized carbons (Fsp3) is 0.684. The van der Waals surface area contributed by atoms with Gasteiger partial charge >= 0.3 is 6.03 Å². The topological polar surface area (TPSA) is 60.2 Å². The molecule has 2 aliphatic rings. The molecule has 0 radical (unpaired) electrons. The van der Waals surface area contributed by atoms with Crippen LogP contribution in [0.15, 0.2) is 16.5 Å². The van der Waals surface area contributed by atoms with Gasteiger partial charge in [-0.15, -0.1) is 0 Å². The summed E-state index contributed by atoms with van der Waals surface area (Å²) in [6.07, 6.45) is 0.506. The van der Waals surface area contributed by atoms with E-state index in [4.69, 9.17) is 4.42 Å². The Kier molecular flexibility index (Phi) is 5.27. The second-order valence-electron chi connectivity index (χ2n) is 7.91. The average Bonchev–Trinajstić information content (AvgIpc) is 3.07. The summed E-state index contributed by atoms with van der Waals surface area (Å²) in [6.45, 7) is 8.97. The Bertz CT molecular complexity index is 671. The lowest BCUT2D eigenvalue weighted by Gasteiger charge is -2.34. The fourth-order valence-electron chi connectivity index (χ4n) is 4.20. The number of rotatable bonds is 3. The zero-order valence-electron chi connectivity index (χ0n) is 16.3. The quantitative estimate of drug-likeness (QED) is 0.820. The molecule has 0 N–H and O–H groups in total. The summed E-state index contributed by atoms with van der Waals surface area (Å²) >= 11 is 0. The molecule has 2 saturated heterocycles. The van der Waals surface area contributed by atoms with Crippen molar-refractivity contribution >= 4 is 11.9 Å². The van der Waals surface area contributed by atoms with Crippen LogP contribution in [0, 0.1) is 12.3 Å². The van der Waals surface area contributed by atoms with E-state index in [-0.39, 0.29) is 17.4 Å². The van der Waals surface area contributed by atoms with Crippen molar-refractivity contribution in [3.8, 4) is 0 Å². The average molecular weight is 362 g/mol. The molecule has 2 fully saturated rings. The van der Waals surface area contributed by atoms with Crippen molar-refractivity contribution in [2.45, 2.75) is 26.8 Å². The number of urea groups is 1. The Morgan fingerprint density at radius 2 is 2.00 bits per heavy atom. The lowest BCUT2D eigenvalue weighted by atomic mass is 9.86. The highest BCUT2D eigenvalue weighted by atomic mass is 16.3. The Hall–Kier alpha value is -2.02. The number of hydrogen-bond acceptors (Lipinski definition) is 4. The largest absolute Gasteiger partial charge is 0.465 e. The molecule has 1 atom stereocenters. The van der Waals surface area contributed by atoms with Gasteiger partial charge in [0, 0.05) is 65.2 Å². The lowest BCUT2D eigenvalue weighted by molar-refractivity contribution is -0.127. The van der Waals surface area contributed by atoms with E-state index in [1.54, 1.807) is 19.0 Å². The Balaban J connectivity index is 1.82. The molecule has 3 rings (SSSR count). The maximum absolute atomic E-state index is 12.6. The van der Waals surface area contributed by atoms with E-state index < -0.39 is 0 Å². The van der Waals surface area contributed by atoms with Crippen LogP contribution in [-0.4, -0.2) is 84.9 Å². The SMILES string of the molecule is CCN1CC2(CC1=O)CN(Cc1ccc(C)o1)CCN(C(=O)N(C)C)C2. The number of carbonyl (C=O) groups excluding carboxylic acids is 2. The first-order valence-electron chi connectivity index (χ1n) is 9.33. The molecule has 0 aliphatic carbocycles. The molecule has 7 nitrogen and oxygen atoms in total. The molecule has 1 aromatic rings. The van der Waals surface area contributed by atoms with E-state index in [2.05, 4.69) is 4.90 Å². The second kappa shape index (κ2) is 7.31. The highest BCUT2D eigenvalue weighted by molar-refractivity contribution is 5.80. The van der Waals surface area contributed by atoms with Crippen molar-refractivity contribution in [1.29, 1.82) is 0 Å². The maximum Gasteiger partial charge on any atom is 0.319 e. The van der Waals surface area contributed by atoms with Gasteiger partial charge in [-0.05, 0) is 26.0 Å². The van der Waals surface area contributed by atoms with E-state index in [1.807, 2.05) is 35.8 Å². The number of likely N-dealkylation sites (tertiary alicyclic amines) is 1. The predicted octanol–water partition coefficient (Wildman–Crippen LogP) is 1.63. The summed E-state index contributed by atoms with van der Waals surface area (Å²) in [5.41, 5.74) is -0.211. The molecule has 2 aliphatic heterocycles. The Morgan fingerprint density at radius 3 is 2.58 bits per heavy atom. The van der Waals surface area contributed by atoms with Gasteiger partial charge in [0.15, 0.2) is 0 Å². The van der Waals surface area contributed by atoms with Crippen molar-refractivity contribution in [1.82, 2.24) is 19.6 Å². The first kappa shape index (κ1) is 18.8. The molecule has 3 heterocycles. The van der Waals surface area contributed by atoms with Crippen LogP contribution in [0.4, 0.5) is 4.79 Å². The molecule has 0 bridgehead atoms. The number of amides is 3. The third-order valence-corrected chi connectivity index (χ3v) is 5.39.